The number of nitrogens with zero attached hydrogens (tertiary/aromatic N) is 4. The fourth-order valence-electron chi connectivity index (χ4n) is 3.85. The molecule has 5 rings (SSSR count). The van der Waals surface area contributed by atoms with E-state index in [-0.39, 0.29) is 17.4 Å². The van der Waals surface area contributed by atoms with Crippen molar-refractivity contribution in [1.29, 1.82) is 0 Å². The topological polar surface area (TPSA) is 85.2 Å². The third kappa shape index (κ3) is 4.01. The summed E-state index contributed by atoms with van der Waals surface area (Å²) in [5.74, 6) is -0.208. The fourth-order valence-corrected chi connectivity index (χ4v) is 6.95. The molecule has 162 valence electrons. The Hall–Kier alpha value is -2.82. The Morgan fingerprint density at radius 2 is 1.88 bits per heavy atom. The molecule has 10 heteroatoms. The van der Waals surface area contributed by atoms with Crippen molar-refractivity contribution in [2.45, 2.75) is 12.5 Å². The van der Waals surface area contributed by atoms with Crippen LogP contribution in [0, 0.1) is 0 Å². The Bertz CT molecular complexity index is 1340. The summed E-state index contributed by atoms with van der Waals surface area (Å²) in [6.45, 7) is 0. The van der Waals surface area contributed by atoms with Gasteiger partial charge in [-0.25, -0.2) is 13.1 Å². The van der Waals surface area contributed by atoms with E-state index >= 15 is 0 Å². The molecule has 2 fully saturated rings. The van der Waals surface area contributed by atoms with Gasteiger partial charge in [-0.3, -0.25) is 14.7 Å². The van der Waals surface area contributed by atoms with Gasteiger partial charge in [0, 0.05) is 29.7 Å². The van der Waals surface area contributed by atoms with Crippen molar-refractivity contribution in [3.05, 3.63) is 71.5 Å². The summed E-state index contributed by atoms with van der Waals surface area (Å²) in [6.07, 6.45) is 7.46. The van der Waals surface area contributed by atoms with Gasteiger partial charge in [-0.1, -0.05) is 42.2 Å². The van der Waals surface area contributed by atoms with Gasteiger partial charge < -0.3 is 0 Å². The molecule has 1 amide bonds. The smallest absolute Gasteiger partial charge is 0.266 e. The van der Waals surface area contributed by atoms with E-state index in [2.05, 4.69) is 4.98 Å². The number of pyridine rings is 1. The standard InChI is InChI=1S/C22H18N4O3S3/c27-21-19(31-22(30)26(21)18-8-11-32(28,29)14-18)12-16-13-25(17-4-2-1-3-5-17)24-20(16)15-6-9-23-10-7-15/h1-7,9-10,12-13,18H,8,11,14H2. The minimum absolute atomic E-state index is 0.0407. The first-order chi connectivity index (χ1) is 15.4. The van der Waals surface area contributed by atoms with Crippen LogP contribution in [0.5, 0.6) is 0 Å². The molecule has 4 heterocycles. The van der Waals surface area contributed by atoms with Crippen LogP contribution in [0.2, 0.25) is 0 Å². The lowest BCUT2D eigenvalue weighted by atomic mass is 10.1. The number of hydrogen-bond donors (Lipinski definition) is 0. The van der Waals surface area contributed by atoms with Crippen molar-refractivity contribution in [3.63, 3.8) is 0 Å². The SMILES string of the molecule is O=C1C(=Cc2cn(-c3ccccc3)nc2-c2ccncc2)SC(=S)N1C1CCS(=O)(=O)C1. The van der Waals surface area contributed by atoms with Crippen LogP contribution in [-0.4, -0.2) is 55.9 Å². The normalized spacial score (nSPS) is 21.6. The summed E-state index contributed by atoms with van der Waals surface area (Å²) in [5, 5.41) is 4.75. The number of benzene rings is 1. The summed E-state index contributed by atoms with van der Waals surface area (Å²) >= 11 is 6.63. The quantitative estimate of drug-likeness (QED) is 0.417. The molecule has 1 atom stereocenters. The molecule has 2 aromatic heterocycles. The van der Waals surface area contributed by atoms with Crippen molar-refractivity contribution in [2.24, 2.45) is 0 Å². The van der Waals surface area contributed by atoms with Crippen molar-refractivity contribution in [2.75, 3.05) is 11.5 Å². The Morgan fingerprint density at radius 3 is 2.56 bits per heavy atom. The van der Waals surface area contributed by atoms with Gasteiger partial charge in [-0.15, -0.1) is 0 Å². The second-order valence-corrected chi connectivity index (χ2v) is 11.5. The number of thiocarbonyl (C=S) groups is 1. The second kappa shape index (κ2) is 8.27. The first-order valence-electron chi connectivity index (χ1n) is 9.94. The Morgan fingerprint density at radius 1 is 1.12 bits per heavy atom. The number of aromatic nitrogens is 3. The summed E-state index contributed by atoms with van der Waals surface area (Å²) in [5.41, 5.74) is 3.24. The molecule has 2 aliphatic rings. The molecule has 7 nitrogen and oxygen atoms in total. The molecule has 2 aliphatic heterocycles. The first-order valence-corrected chi connectivity index (χ1v) is 13.0. The van der Waals surface area contributed by atoms with E-state index in [1.165, 1.54) is 16.7 Å². The summed E-state index contributed by atoms with van der Waals surface area (Å²) in [7, 11) is -3.13. The van der Waals surface area contributed by atoms with Crippen LogP contribution in [0.3, 0.4) is 0 Å². The number of sulfone groups is 1. The van der Waals surface area contributed by atoms with Crippen molar-refractivity contribution in [1.82, 2.24) is 19.7 Å². The third-order valence-electron chi connectivity index (χ3n) is 5.40. The maximum atomic E-state index is 13.2. The number of hydrogen-bond acceptors (Lipinski definition) is 7. The van der Waals surface area contributed by atoms with Gasteiger partial charge in [0.05, 0.1) is 28.1 Å². The van der Waals surface area contributed by atoms with E-state index < -0.39 is 15.9 Å². The lowest BCUT2D eigenvalue weighted by molar-refractivity contribution is -0.123. The van der Waals surface area contributed by atoms with Crippen LogP contribution in [-0.2, 0) is 14.6 Å². The van der Waals surface area contributed by atoms with E-state index in [4.69, 9.17) is 17.3 Å². The Labute approximate surface area is 195 Å². The van der Waals surface area contributed by atoms with Crippen LogP contribution >= 0.6 is 24.0 Å². The predicted octanol–water partition coefficient (Wildman–Crippen LogP) is 3.32. The largest absolute Gasteiger partial charge is 0.289 e. The highest BCUT2D eigenvalue weighted by molar-refractivity contribution is 8.26. The summed E-state index contributed by atoms with van der Waals surface area (Å²) < 4.78 is 26.0. The highest BCUT2D eigenvalue weighted by Gasteiger charge is 2.42. The lowest BCUT2D eigenvalue weighted by Crippen LogP contribution is -2.39. The molecule has 1 aromatic carbocycles. The van der Waals surface area contributed by atoms with Crippen LogP contribution in [0.25, 0.3) is 23.0 Å². The molecule has 0 radical (unpaired) electrons. The molecule has 3 aromatic rings. The second-order valence-electron chi connectivity index (χ2n) is 7.56. The maximum absolute atomic E-state index is 13.2. The molecule has 2 saturated heterocycles. The van der Waals surface area contributed by atoms with Crippen LogP contribution in [0.15, 0.2) is 66.0 Å². The average Bonchev–Trinajstić information content (AvgIpc) is 3.45. The monoisotopic (exact) mass is 482 g/mol. The van der Waals surface area contributed by atoms with Gasteiger partial charge in [-0.2, -0.15) is 5.10 Å². The maximum Gasteiger partial charge on any atom is 0.266 e. The molecule has 32 heavy (non-hydrogen) atoms. The fraction of sp³-hybridized carbons (Fsp3) is 0.182. The average molecular weight is 483 g/mol. The molecule has 0 N–H and O–H groups in total. The van der Waals surface area contributed by atoms with Crippen molar-refractivity contribution in [3.8, 4) is 16.9 Å². The first kappa shape index (κ1) is 21.0. The number of thioether (sulfide) groups is 1. The molecule has 0 saturated carbocycles. The molecule has 0 aliphatic carbocycles. The zero-order chi connectivity index (χ0) is 22.3. The van der Waals surface area contributed by atoms with E-state index in [1.807, 2.05) is 48.7 Å². The van der Waals surface area contributed by atoms with Crippen molar-refractivity contribution >= 4 is 50.1 Å². The number of para-hydroxylation sites is 1. The molecular weight excluding hydrogens is 464 g/mol. The van der Waals surface area contributed by atoms with Gasteiger partial charge in [0.2, 0.25) is 0 Å². The molecule has 1 unspecified atom stereocenters. The zero-order valence-corrected chi connectivity index (χ0v) is 19.2. The number of carbonyl (C=O) groups is 1. The van der Waals surface area contributed by atoms with Gasteiger partial charge in [-0.05, 0) is 36.8 Å². The Kier molecular flexibility index (Phi) is 5.44. The van der Waals surface area contributed by atoms with Gasteiger partial charge in [0.1, 0.15) is 10.0 Å². The van der Waals surface area contributed by atoms with E-state index in [9.17, 15) is 13.2 Å². The van der Waals surface area contributed by atoms with E-state index in [1.54, 1.807) is 23.2 Å². The Balaban J connectivity index is 1.54. The predicted molar refractivity (Wildman–Crippen MR) is 129 cm³/mol. The minimum atomic E-state index is -3.13. The number of carbonyl (C=O) groups excluding carboxylic acids is 1. The van der Waals surface area contributed by atoms with Crippen LogP contribution in [0.1, 0.15) is 12.0 Å². The highest BCUT2D eigenvalue weighted by atomic mass is 32.2. The molecular formula is C22H18N4O3S3. The summed E-state index contributed by atoms with van der Waals surface area (Å²) in [6, 6.07) is 13.0. The highest BCUT2D eigenvalue weighted by Crippen LogP contribution is 2.37. The molecule has 0 bridgehead atoms. The van der Waals surface area contributed by atoms with Gasteiger partial charge >= 0.3 is 0 Å². The van der Waals surface area contributed by atoms with Crippen molar-refractivity contribution < 1.29 is 13.2 Å². The summed E-state index contributed by atoms with van der Waals surface area (Å²) in [4.78, 5) is 19.2. The van der Waals surface area contributed by atoms with Gasteiger partial charge in [0.25, 0.3) is 5.91 Å². The number of rotatable bonds is 4. The minimum Gasteiger partial charge on any atom is -0.289 e. The van der Waals surface area contributed by atoms with Crippen LogP contribution in [0.4, 0.5) is 0 Å². The van der Waals surface area contributed by atoms with E-state index in [0.717, 1.165) is 16.8 Å². The molecule has 0 spiro atoms. The lowest BCUT2D eigenvalue weighted by Gasteiger charge is -2.20. The van der Waals surface area contributed by atoms with Crippen LogP contribution < -0.4 is 0 Å². The van der Waals surface area contributed by atoms with E-state index in [0.29, 0.717) is 21.3 Å². The third-order valence-corrected chi connectivity index (χ3v) is 8.48. The van der Waals surface area contributed by atoms with Gasteiger partial charge in [0.15, 0.2) is 9.84 Å². The zero-order valence-electron chi connectivity index (χ0n) is 16.8. The number of amides is 1.